The second-order valence-electron chi connectivity index (χ2n) is 12.4. The third-order valence-electron chi connectivity index (χ3n) is 9.15. The molecule has 0 saturated carbocycles. The van der Waals surface area contributed by atoms with Crippen LogP contribution in [-0.2, 0) is 10.2 Å². The van der Waals surface area contributed by atoms with Crippen LogP contribution < -0.4 is 26.8 Å². The predicted octanol–water partition coefficient (Wildman–Crippen LogP) is -1.81. The molecule has 2 saturated heterocycles. The maximum Gasteiger partial charge on any atom is 0.327 e. The number of nitrogens with one attached hydrogen (secondary N) is 2. The Morgan fingerprint density at radius 3 is 2.67 bits per heavy atom. The van der Waals surface area contributed by atoms with Crippen LogP contribution in [-0.4, -0.2) is 117 Å². The summed E-state index contributed by atoms with van der Waals surface area (Å²) in [6.45, 7) is 7.80. The minimum atomic E-state index is -2.67. The first-order valence-corrected chi connectivity index (χ1v) is 14.0. The molecule has 0 radical (unpaired) electrons. The van der Waals surface area contributed by atoms with Gasteiger partial charge >= 0.3 is 6.03 Å². The molecule has 15 nitrogen and oxygen atoms in total. The van der Waals surface area contributed by atoms with E-state index in [-0.39, 0.29) is 48.6 Å². The van der Waals surface area contributed by atoms with E-state index in [1.807, 2.05) is 6.07 Å². The number of nitrogens with zero attached hydrogens (tertiary/aromatic N) is 5. The van der Waals surface area contributed by atoms with Crippen molar-refractivity contribution in [2.75, 3.05) is 26.2 Å². The molecule has 0 aromatic heterocycles. The number of para-hydroxylation sites is 1. The van der Waals surface area contributed by atoms with Gasteiger partial charge in [-0.05, 0) is 31.7 Å². The van der Waals surface area contributed by atoms with E-state index in [2.05, 4.69) is 34.5 Å². The first-order valence-electron chi connectivity index (χ1n) is 14.0. The average Bonchev–Trinajstić information content (AvgIpc) is 3.49. The summed E-state index contributed by atoms with van der Waals surface area (Å²) in [5.41, 5.74) is 11.6. The van der Waals surface area contributed by atoms with Gasteiger partial charge in [0.1, 0.15) is 24.4 Å². The predicted molar refractivity (Wildman–Crippen MR) is 150 cm³/mol. The van der Waals surface area contributed by atoms with E-state index in [0.29, 0.717) is 12.4 Å². The third kappa shape index (κ3) is 3.82. The molecule has 0 aliphatic carbocycles. The Kier molecular flexibility index (Phi) is 6.14. The summed E-state index contributed by atoms with van der Waals surface area (Å²) < 4.78 is 5.89. The molecule has 1 aromatic carbocycles. The molecular weight excluding hydrogens is 546 g/mol. The smallest absolute Gasteiger partial charge is 0.327 e. The second kappa shape index (κ2) is 9.19. The number of rotatable bonds is 5. The summed E-state index contributed by atoms with van der Waals surface area (Å²) in [4.78, 5) is 52.2. The highest BCUT2D eigenvalue weighted by molar-refractivity contribution is 6.02. The minimum absolute atomic E-state index is 0.0733. The zero-order chi connectivity index (χ0) is 30.4. The fourth-order valence-corrected chi connectivity index (χ4v) is 6.75. The van der Waals surface area contributed by atoms with Crippen molar-refractivity contribution < 1.29 is 29.3 Å². The summed E-state index contributed by atoms with van der Waals surface area (Å²) >= 11 is 0. The number of ether oxygens (including phenoxy) is 1. The van der Waals surface area contributed by atoms with Crippen LogP contribution in [0.25, 0.3) is 0 Å². The SMILES string of the molecule is CC(C)N1CC(=O)N(C[C@@H]2N=C(N)N3CC(NC(=O)c4cccc5c4OCCC5(C)C)C(O)(O)[C@@]34NC(N)=N[C@@H]24)C1=O. The van der Waals surface area contributed by atoms with Crippen molar-refractivity contribution in [3.8, 4) is 5.75 Å². The van der Waals surface area contributed by atoms with Crippen molar-refractivity contribution >= 4 is 29.8 Å². The van der Waals surface area contributed by atoms with Gasteiger partial charge in [-0.25, -0.2) is 14.8 Å². The number of nitrogens with two attached hydrogens (primary N) is 2. The first kappa shape index (κ1) is 28.0. The maximum atomic E-state index is 13.6. The van der Waals surface area contributed by atoms with E-state index in [9.17, 15) is 24.6 Å². The van der Waals surface area contributed by atoms with Crippen LogP contribution in [0, 0.1) is 0 Å². The van der Waals surface area contributed by atoms with Gasteiger partial charge in [0.25, 0.3) is 5.91 Å². The molecule has 4 amide bonds. The van der Waals surface area contributed by atoms with Gasteiger partial charge in [-0.1, -0.05) is 26.0 Å². The van der Waals surface area contributed by atoms with Gasteiger partial charge in [0.05, 0.1) is 24.8 Å². The molecule has 5 aliphatic rings. The molecule has 1 aromatic rings. The minimum Gasteiger partial charge on any atom is -0.492 e. The summed E-state index contributed by atoms with van der Waals surface area (Å²) in [6, 6.07) is 1.37. The van der Waals surface area contributed by atoms with Crippen LogP contribution in [0.5, 0.6) is 5.75 Å². The molecule has 6 rings (SSSR count). The van der Waals surface area contributed by atoms with E-state index in [0.717, 1.165) is 16.9 Å². The molecule has 42 heavy (non-hydrogen) atoms. The Balaban J connectivity index is 1.30. The number of hydrogen-bond donors (Lipinski definition) is 6. The van der Waals surface area contributed by atoms with Gasteiger partial charge in [-0.15, -0.1) is 0 Å². The lowest BCUT2D eigenvalue weighted by atomic mass is 9.79. The number of aliphatic imine (C=N–C) groups is 2. The molecule has 5 heterocycles. The largest absolute Gasteiger partial charge is 0.492 e. The standard InChI is InChI=1S/C27H37N9O6/c1-13(2)34-12-18(37)35(24(34)39)10-16-20-26(33-22(28)32-20)27(40,41)17(11-36(26)23(29)30-16)31-21(38)14-6-5-7-15-19(14)42-9-8-25(15,3)4/h5-7,13,16-17,20,40-41H,8-12H2,1-4H3,(H2,29,30)(H,31,38)(H3,28,32,33)/t16-,17?,20-,26-/m0/s1. The van der Waals surface area contributed by atoms with Crippen LogP contribution >= 0.6 is 0 Å². The van der Waals surface area contributed by atoms with E-state index in [1.165, 1.54) is 9.80 Å². The van der Waals surface area contributed by atoms with Crippen molar-refractivity contribution in [3.63, 3.8) is 0 Å². The van der Waals surface area contributed by atoms with Gasteiger partial charge in [-0.2, -0.15) is 0 Å². The zero-order valence-electron chi connectivity index (χ0n) is 24.0. The fraction of sp³-hybridized carbons (Fsp3) is 0.593. The number of imide groups is 1. The molecule has 5 aliphatic heterocycles. The number of carbonyl (C=O) groups is 3. The first-order chi connectivity index (χ1) is 19.7. The van der Waals surface area contributed by atoms with E-state index in [1.54, 1.807) is 26.0 Å². The molecule has 2 fully saturated rings. The zero-order valence-corrected chi connectivity index (χ0v) is 24.0. The summed E-state index contributed by atoms with van der Waals surface area (Å²) in [7, 11) is 0. The van der Waals surface area contributed by atoms with Gasteiger partial charge in [-0.3, -0.25) is 14.5 Å². The van der Waals surface area contributed by atoms with Crippen LogP contribution in [0.1, 0.15) is 50.0 Å². The number of guanidine groups is 2. The molecule has 15 heteroatoms. The number of urea groups is 1. The fourth-order valence-electron chi connectivity index (χ4n) is 6.75. The number of amides is 4. The van der Waals surface area contributed by atoms with E-state index < -0.39 is 47.4 Å². The van der Waals surface area contributed by atoms with Gasteiger partial charge < -0.3 is 46.9 Å². The van der Waals surface area contributed by atoms with E-state index >= 15 is 0 Å². The van der Waals surface area contributed by atoms with Gasteiger partial charge in [0.15, 0.2) is 17.6 Å². The molecule has 1 unspecified atom stereocenters. The third-order valence-corrected chi connectivity index (χ3v) is 9.15. The number of fused-ring (bicyclic) bond motifs is 1. The molecule has 8 N–H and O–H groups in total. The van der Waals surface area contributed by atoms with Crippen molar-refractivity contribution in [2.45, 2.75) is 75.1 Å². The van der Waals surface area contributed by atoms with Crippen LogP contribution in [0.2, 0.25) is 0 Å². The Hall–Kier alpha value is -4.11. The molecule has 4 atom stereocenters. The monoisotopic (exact) mass is 583 g/mol. The highest BCUT2D eigenvalue weighted by atomic mass is 16.5. The number of benzene rings is 1. The van der Waals surface area contributed by atoms with Gasteiger partial charge in [0.2, 0.25) is 11.7 Å². The Bertz CT molecular complexity index is 1420. The molecular formula is C27H37N9O6. The average molecular weight is 584 g/mol. The van der Waals surface area contributed by atoms with Crippen molar-refractivity contribution in [3.05, 3.63) is 29.3 Å². The normalized spacial score (nSPS) is 30.7. The lowest BCUT2D eigenvalue weighted by Crippen LogP contribution is -2.78. The number of aliphatic hydroxyl groups is 2. The Morgan fingerprint density at radius 1 is 1.24 bits per heavy atom. The lowest BCUT2D eigenvalue weighted by molar-refractivity contribution is -0.230. The highest BCUT2D eigenvalue weighted by Crippen LogP contribution is 2.45. The maximum absolute atomic E-state index is 13.6. The van der Waals surface area contributed by atoms with E-state index in [4.69, 9.17) is 16.2 Å². The summed E-state index contributed by atoms with van der Waals surface area (Å²) in [5.74, 6) is -3.36. The van der Waals surface area contributed by atoms with Crippen LogP contribution in [0.3, 0.4) is 0 Å². The molecule has 226 valence electrons. The van der Waals surface area contributed by atoms with Crippen molar-refractivity contribution in [1.82, 2.24) is 25.3 Å². The van der Waals surface area contributed by atoms with Crippen LogP contribution in [0.4, 0.5) is 4.79 Å². The quantitative estimate of drug-likeness (QED) is 0.169. The topological polar surface area (TPSA) is 211 Å². The number of carbonyl (C=O) groups excluding carboxylic acids is 3. The van der Waals surface area contributed by atoms with Crippen LogP contribution in [0.15, 0.2) is 28.2 Å². The molecule has 1 spiro atoms. The second-order valence-corrected chi connectivity index (χ2v) is 12.4. The highest BCUT2D eigenvalue weighted by Gasteiger charge is 2.73. The Morgan fingerprint density at radius 2 is 1.98 bits per heavy atom. The van der Waals surface area contributed by atoms with Crippen molar-refractivity contribution in [2.24, 2.45) is 21.5 Å². The number of hydrogen-bond acceptors (Lipinski definition) is 12. The molecule has 0 bridgehead atoms. The lowest BCUT2D eigenvalue weighted by Gasteiger charge is -2.49. The summed E-state index contributed by atoms with van der Waals surface area (Å²) in [5, 5.41) is 29.2. The summed E-state index contributed by atoms with van der Waals surface area (Å²) in [6.07, 6.45) is 0.792. The van der Waals surface area contributed by atoms with Crippen molar-refractivity contribution in [1.29, 1.82) is 0 Å². The van der Waals surface area contributed by atoms with Gasteiger partial charge in [0, 0.05) is 18.2 Å². The Labute approximate surface area is 242 Å².